The summed E-state index contributed by atoms with van der Waals surface area (Å²) in [5.74, 6) is 0.149. The molecule has 4 rings (SSSR count). The molecule has 0 aliphatic heterocycles. The molecule has 1 N–H and O–H groups in total. The Kier molecular flexibility index (Phi) is 11.4. The van der Waals surface area contributed by atoms with Crippen molar-refractivity contribution < 1.29 is 30.0 Å². The summed E-state index contributed by atoms with van der Waals surface area (Å²) in [5, 5.41) is 11.5. The Bertz CT molecular complexity index is 1400. The SMILES string of the molecule is CCC(=O)/C=C(\O)CC.Cc1[c-]c(-c2ccc3cc([Si](C)(C)C)c(-c4ccccc4)cc3n2)cc(C)c1.[Ir]. The van der Waals surface area contributed by atoms with Crippen LogP contribution < -0.4 is 5.19 Å². The predicted octanol–water partition coefficient (Wildman–Crippen LogP) is 8.35. The van der Waals surface area contributed by atoms with Crippen molar-refractivity contribution in [2.45, 2.75) is 60.2 Å². The fraction of sp³-hybridized carbons (Fsp3) is 0.273. The second-order valence-corrected chi connectivity index (χ2v) is 15.5. The zero-order valence-corrected chi connectivity index (χ0v) is 26.9. The van der Waals surface area contributed by atoms with Gasteiger partial charge in [-0.15, -0.1) is 34.9 Å². The number of aliphatic hydroxyl groups is 1. The van der Waals surface area contributed by atoms with E-state index in [-0.39, 0.29) is 31.6 Å². The molecule has 0 aliphatic rings. The van der Waals surface area contributed by atoms with Gasteiger partial charge in [-0.1, -0.05) is 101 Å². The number of nitrogens with zero attached hydrogens (tertiary/aromatic N) is 1. The maximum Gasteiger partial charge on any atom is 0.158 e. The number of aromatic nitrogens is 1. The van der Waals surface area contributed by atoms with E-state index in [1.54, 1.807) is 13.8 Å². The second kappa shape index (κ2) is 13.8. The van der Waals surface area contributed by atoms with Gasteiger partial charge in [0.25, 0.3) is 0 Å². The largest absolute Gasteiger partial charge is 0.512 e. The van der Waals surface area contributed by atoms with Crippen LogP contribution >= 0.6 is 0 Å². The van der Waals surface area contributed by atoms with Crippen molar-refractivity contribution in [3.63, 3.8) is 0 Å². The molecule has 38 heavy (non-hydrogen) atoms. The maximum absolute atomic E-state index is 10.5. The van der Waals surface area contributed by atoms with Gasteiger partial charge < -0.3 is 5.11 Å². The average Bonchev–Trinajstić information content (AvgIpc) is 2.87. The molecular weight excluding hydrogens is 663 g/mol. The summed E-state index contributed by atoms with van der Waals surface area (Å²) in [6.07, 6.45) is 2.27. The first kappa shape index (κ1) is 31.4. The van der Waals surface area contributed by atoms with Gasteiger partial charge in [-0.2, -0.15) is 0 Å². The second-order valence-electron chi connectivity index (χ2n) is 10.5. The zero-order valence-electron chi connectivity index (χ0n) is 23.5. The summed E-state index contributed by atoms with van der Waals surface area (Å²) in [4.78, 5) is 15.6. The Morgan fingerprint density at radius 3 is 2.21 bits per heavy atom. The average molecular weight is 701 g/mol. The minimum Gasteiger partial charge on any atom is -0.512 e. The van der Waals surface area contributed by atoms with E-state index in [0.29, 0.717) is 12.8 Å². The van der Waals surface area contributed by atoms with Crippen molar-refractivity contribution in [2.75, 3.05) is 0 Å². The molecule has 3 nitrogen and oxygen atoms in total. The van der Waals surface area contributed by atoms with Gasteiger partial charge >= 0.3 is 0 Å². The zero-order chi connectivity index (χ0) is 27.2. The van der Waals surface area contributed by atoms with Crippen molar-refractivity contribution in [2.24, 2.45) is 0 Å². The monoisotopic (exact) mass is 701 g/mol. The molecule has 1 heterocycles. The minimum absolute atomic E-state index is 0. The van der Waals surface area contributed by atoms with E-state index in [9.17, 15) is 4.79 Å². The Labute approximate surface area is 242 Å². The predicted molar refractivity (Wildman–Crippen MR) is 160 cm³/mol. The van der Waals surface area contributed by atoms with Crippen LogP contribution in [-0.2, 0) is 24.9 Å². The Morgan fingerprint density at radius 1 is 0.947 bits per heavy atom. The van der Waals surface area contributed by atoms with Crippen molar-refractivity contribution in [1.82, 2.24) is 4.98 Å². The number of hydrogen-bond acceptors (Lipinski definition) is 3. The molecule has 0 spiro atoms. The minimum atomic E-state index is -1.50. The van der Waals surface area contributed by atoms with Crippen molar-refractivity contribution in [3.8, 4) is 22.4 Å². The topological polar surface area (TPSA) is 50.2 Å². The number of carbonyl (C=O) groups excluding carboxylic acids is 1. The van der Waals surface area contributed by atoms with Crippen LogP contribution in [-0.4, -0.2) is 23.9 Å². The Balaban J connectivity index is 0.000000439. The molecule has 0 saturated carbocycles. The third-order valence-corrected chi connectivity index (χ3v) is 8.21. The summed E-state index contributed by atoms with van der Waals surface area (Å²) >= 11 is 0. The molecular formula is C33H38IrNO2Si-. The summed E-state index contributed by atoms with van der Waals surface area (Å²) in [5.41, 5.74) is 8.08. The fourth-order valence-corrected chi connectivity index (χ4v) is 5.83. The van der Waals surface area contributed by atoms with Crippen LogP contribution in [0.15, 0.2) is 78.6 Å². The summed E-state index contributed by atoms with van der Waals surface area (Å²) in [7, 11) is -1.50. The summed E-state index contributed by atoms with van der Waals surface area (Å²) in [6.45, 7) is 15.0. The van der Waals surface area contributed by atoms with Crippen molar-refractivity contribution in [1.29, 1.82) is 0 Å². The van der Waals surface area contributed by atoms with Crippen LogP contribution in [0.4, 0.5) is 0 Å². The number of ketones is 1. The fourth-order valence-electron chi connectivity index (χ4n) is 4.22. The number of pyridine rings is 1. The van der Waals surface area contributed by atoms with Gasteiger partial charge in [0.2, 0.25) is 0 Å². The molecule has 5 heteroatoms. The van der Waals surface area contributed by atoms with Crippen LogP contribution in [0.2, 0.25) is 19.6 Å². The van der Waals surface area contributed by atoms with Crippen LogP contribution in [0.25, 0.3) is 33.3 Å². The number of carbonyl (C=O) groups is 1. The van der Waals surface area contributed by atoms with E-state index in [1.165, 1.54) is 33.3 Å². The van der Waals surface area contributed by atoms with E-state index >= 15 is 0 Å². The molecule has 0 fully saturated rings. The molecule has 0 atom stereocenters. The van der Waals surface area contributed by atoms with Crippen LogP contribution in [0.5, 0.6) is 0 Å². The molecule has 0 unspecified atom stereocenters. The third kappa shape index (κ3) is 8.32. The number of fused-ring (bicyclic) bond motifs is 1. The van der Waals surface area contributed by atoms with Gasteiger partial charge in [-0.25, -0.2) is 0 Å². The van der Waals surface area contributed by atoms with E-state index < -0.39 is 8.07 Å². The summed E-state index contributed by atoms with van der Waals surface area (Å²) < 4.78 is 0. The third-order valence-electron chi connectivity index (χ3n) is 6.18. The molecule has 1 aromatic heterocycles. The van der Waals surface area contributed by atoms with Crippen molar-refractivity contribution >= 4 is 29.9 Å². The van der Waals surface area contributed by atoms with Gasteiger partial charge in [0.15, 0.2) is 5.78 Å². The number of hydrogen-bond donors (Lipinski definition) is 1. The molecule has 0 saturated heterocycles. The molecule has 3 aromatic carbocycles. The first-order valence-electron chi connectivity index (χ1n) is 13.0. The van der Waals surface area contributed by atoms with Crippen LogP contribution in [0.3, 0.4) is 0 Å². The van der Waals surface area contributed by atoms with Gasteiger partial charge in [-0.3, -0.25) is 9.78 Å². The van der Waals surface area contributed by atoms with E-state index in [1.807, 2.05) is 0 Å². The molecule has 0 bridgehead atoms. The molecule has 0 aliphatic carbocycles. The van der Waals surface area contributed by atoms with E-state index in [4.69, 9.17) is 10.1 Å². The summed E-state index contributed by atoms with van der Waals surface area (Å²) in [6, 6.07) is 27.5. The number of benzene rings is 3. The Hall–Kier alpha value is -2.85. The standard InChI is InChI=1S/C26H26NSi.C7H12O2.Ir/c1-18-13-19(2)15-22(14-18)24-12-11-21-16-26(28(3,4)5)23(17-25(21)27-24)20-9-7-6-8-10-20;1-3-6(8)5-7(9)4-2;/h6-14,16-17H,1-5H3;5,8H,3-4H2,1-2H3;/q-1;;/b;6-5-;. The number of aliphatic hydroxyl groups excluding tert-OH is 1. The molecule has 201 valence electrons. The van der Waals surface area contributed by atoms with E-state index in [0.717, 1.165) is 22.3 Å². The first-order valence-corrected chi connectivity index (χ1v) is 16.5. The van der Waals surface area contributed by atoms with Crippen molar-refractivity contribution in [3.05, 3.63) is 95.8 Å². The molecule has 4 aromatic rings. The van der Waals surface area contributed by atoms with Gasteiger partial charge in [-0.05, 0) is 28.3 Å². The van der Waals surface area contributed by atoms with E-state index in [2.05, 4.69) is 106 Å². The van der Waals surface area contributed by atoms with Crippen LogP contribution in [0.1, 0.15) is 37.8 Å². The van der Waals surface area contributed by atoms with Gasteiger partial charge in [0.05, 0.1) is 19.3 Å². The smallest absolute Gasteiger partial charge is 0.158 e. The first-order chi connectivity index (χ1) is 17.5. The maximum atomic E-state index is 10.5. The Morgan fingerprint density at radius 2 is 1.63 bits per heavy atom. The van der Waals surface area contributed by atoms with Crippen LogP contribution in [0, 0.1) is 19.9 Å². The number of aryl methyl sites for hydroxylation is 2. The molecule has 0 amide bonds. The van der Waals surface area contributed by atoms with Gasteiger partial charge in [0.1, 0.15) is 0 Å². The number of rotatable bonds is 6. The van der Waals surface area contributed by atoms with Gasteiger partial charge in [0, 0.05) is 39.0 Å². The number of allylic oxidation sites excluding steroid dienone is 2. The quantitative estimate of drug-likeness (QED) is 0.0953. The molecule has 1 radical (unpaired) electrons. The normalized spacial score (nSPS) is 11.4.